The number of rotatable bonds is 7. The summed E-state index contributed by atoms with van der Waals surface area (Å²) in [6.45, 7) is 4.08. The molecule has 11 heteroatoms. The highest BCUT2D eigenvalue weighted by Crippen LogP contribution is 2.35. The van der Waals surface area contributed by atoms with E-state index in [0.717, 1.165) is 4.47 Å². The number of likely N-dealkylation sites (tertiary alicyclic amines) is 1. The molecule has 0 bridgehead atoms. The number of hydrogen-bond donors (Lipinski definition) is 2. The first kappa shape index (κ1) is 25.1. The Kier molecular flexibility index (Phi) is 8.09. The second-order valence-electron chi connectivity index (χ2n) is 8.30. The predicted molar refractivity (Wildman–Crippen MR) is 120 cm³/mol. The van der Waals surface area contributed by atoms with Crippen molar-refractivity contribution in [3.63, 3.8) is 0 Å². The Labute approximate surface area is 200 Å². The molecular weight excluding hydrogens is 498 g/mol. The number of nitrogens with zero attached hydrogens (tertiary/aromatic N) is 1. The lowest BCUT2D eigenvalue weighted by Crippen LogP contribution is -2.55. The summed E-state index contributed by atoms with van der Waals surface area (Å²) in [5, 5.41) is 5.17. The molecule has 2 N–H and O–H groups in total. The zero-order chi connectivity index (χ0) is 24.2. The molecule has 1 aromatic carbocycles. The summed E-state index contributed by atoms with van der Waals surface area (Å²) >= 11 is 3.32. The number of carbonyl (C=O) groups excluding carboxylic acids is 4. The maximum Gasteiger partial charge on any atom is 0.407 e. The maximum absolute atomic E-state index is 13.4. The molecule has 3 amide bonds. The van der Waals surface area contributed by atoms with Crippen molar-refractivity contribution in [2.24, 2.45) is 5.92 Å². The van der Waals surface area contributed by atoms with Crippen LogP contribution in [-0.2, 0) is 23.8 Å². The third kappa shape index (κ3) is 5.90. The van der Waals surface area contributed by atoms with Crippen LogP contribution < -0.4 is 10.6 Å². The monoisotopic (exact) mass is 525 g/mol. The van der Waals surface area contributed by atoms with Crippen molar-refractivity contribution < 1.29 is 33.4 Å². The quantitative estimate of drug-likeness (QED) is 0.516. The Morgan fingerprint density at radius 2 is 1.82 bits per heavy atom. The second kappa shape index (κ2) is 10.6. The van der Waals surface area contributed by atoms with Crippen LogP contribution in [0.1, 0.15) is 30.6 Å². The first-order valence-corrected chi connectivity index (χ1v) is 11.4. The number of halogens is 1. The number of ether oxygens (including phenoxy) is 3. The van der Waals surface area contributed by atoms with Crippen LogP contribution in [0.15, 0.2) is 28.7 Å². The lowest BCUT2D eigenvalue weighted by Gasteiger charge is -2.30. The number of methoxy groups -OCH3 is 1. The van der Waals surface area contributed by atoms with Crippen LogP contribution in [0.5, 0.6) is 0 Å². The Morgan fingerprint density at radius 3 is 2.39 bits per heavy atom. The topological polar surface area (TPSA) is 123 Å². The van der Waals surface area contributed by atoms with Gasteiger partial charge in [0.25, 0.3) is 0 Å². The third-order valence-electron chi connectivity index (χ3n) is 5.67. The fourth-order valence-electron chi connectivity index (χ4n) is 3.91. The standard InChI is InChI=1S/C22H28BrN3O7/c1-13(2)18(25-21(30)31-3)20(29)26-12-22(32-8-9-33-22)10-16(26)19(28)24-11-17(27)14-4-6-15(23)7-5-14/h4-7,13,16,18H,8-12H2,1-3H3,(H,24,28)(H,25,30). The molecule has 2 aliphatic rings. The van der Waals surface area contributed by atoms with E-state index in [0.29, 0.717) is 18.8 Å². The summed E-state index contributed by atoms with van der Waals surface area (Å²) in [7, 11) is 1.21. The van der Waals surface area contributed by atoms with E-state index in [1.807, 2.05) is 0 Å². The highest BCUT2D eigenvalue weighted by Gasteiger charge is 2.53. The normalized spacial score (nSPS) is 20.0. The molecule has 180 valence electrons. The number of hydrogen-bond acceptors (Lipinski definition) is 7. The highest BCUT2D eigenvalue weighted by atomic mass is 79.9. The molecule has 3 rings (SSSR count). The smallest absolute Gasteiger partial charge is 0.407 e. The van der Waals surface area contributed by atoms with Gasteiger partial charge in [0.2, 0.25) is 11.8 Å². The van der Waals surface area contributed by atoms with Crippen molar-refractivity contribution in [2.45, 2.75) is 38.1 Å². The zero-order valence-corrected chi connectivity index (χ0v) is 20.3. The van der Waals surface area contributed by atoms with Gasteiger partial charge < -0.3 is 29.7 Å². The third-order valence-corrected chi connectivity index (χ3v) is 6.20. The second-order valence-corrected chi connectivity index (χ2v) is 9.21. The molecule has 2 fully saturated rings. The fraction of sp³-hybridized carbons (Fsp3) is 0.545. The molecule has 10 nitrogen and oxygen atoms in total. The maximum atomic E-state index is 13.4. The first-order valence-electron chi connectivity index (χ1n) is 10.6. The molecule has 0 radical (unpaired) electrons. The van der Waals surface area contributed by atoms with Crippen molar-refractivity contribution in [2.75, 3.05) is 33.4 Å². The molecule has 0 saturated carbocycles. The highest BCUT2D eigenvalue weighted by molar-refractivity contribution is 9.10. The fourth-order valence-corrected chi connectivity index (χ4v) is 4.18. The Bertz CT molecular complexity index is 900. The molecule has 2 atom stereocenters. The summed E-state index contributed by atoms with van der Waals surface area (Å²) in [6.07, 6.45) is -0.620. The van der Waals surface area contributed by atoms with E-state index in [9.17, 15) is 19.2 Å². The van der Waals surface area contributed by atoms with E-state index in [1.54, 1.807) is 38.1 Å². The van der Waals surface area contributed by atoms with Crippen molar-refractivity contribution in [1.29, 1.82) is 0 Å². The van der Waals surface area contributed by atoms with Gasteiger partial charge in [0, 0.05) is 16.5 Å². The number of carbonyl (C=O) groups is 4. The minimum Gasteiger partial charge on any atom is -0.453 e. The van der Waals surface area contributed by atoms with Gasteiger partial charge in [-0.15, -0.1) is 0 Å². The van der Waals surface area contributed by atoms with E-state index < -0.39 is 35.8 Å². The summed E-state index contributed by atoms with van der Waals surface area (Å²) in [5.41, 5.74) is 0.457. The lowest BCUT2D eigenvalue weighted by molar-refractivity contribution is -0.153. The molecule has 2 heterocycles. The average Bonchev–Trinajstić information content (AvgIpc) is 3.42. The van der Waals surface area contributed by atoms with E-state index >= 15 is 0 Å². The molecule has 33 heavy (non-hydrogen) atoms. The largest absolute Gasteiger partial charge is 0.453 e. The van der Waals surface area contributed by atoms with Gasteiger partial charge in [-0.2, -0.15) is 0 Å². The Hall–Kier alpha value is -2.50. The van der Waals surface area contributed by atoms with Gasteiger partial charge in [0.15, 0.2) is 11.6 Å². The van der Waals surface area contributed by atoms with Crippen LogP contribution in [0.4, 0.5) is 4.79 Å². The number of Topliss-reactive ketones (excluding diaryl/α,β-unsaturated/α-hetero) is 1. The molecule has 1 aromatic rings. The van der Waals surface area contributed by atoms with E-state index in [-0.39, 0.29) is 31.2 Å². The number of benzene rings is 1. The lowest BCUT2D eigenvalue weighted by atomic mass is 10.0. The molecule has 2 aliphatic heterocycles. The number of ketones is 1. The van der Waals surface area contributed by atoms with Crippen LogP contribution in [-0.4, -0.2) is 79.9 Å². The molecule has 2 unspecified atom stereocenters. The van der Waals surface area contributed by atoms with Crippen LogP contribution >= 0.6 is 15.9 Å². The number of nitrogens with one attached hydrogen (secondary N) is 2. The van der Waals surface area contributed by atoms with Crippen molar-refractivity contribution in [3.05, 3.63) is 34.3 Å². The van der Waals surface area contributed by atoms with Gasteiger partial charge in [-0.05, 0) is 18.1 Å². The summed E-state index contributed by atoms with van der Waals surface area (Å²) in [6, 6.07) is 4.97. The van der Waals surface area contributed by atoms with Crippen molar-refractivity contribution in [1.82, 2.24) is 15.5 Å². The molecule has 0 aliphatic carbocycles. The molecular formula is C22H28BrN3O7. The van der Waals surface area contributed by atoms with E-state index in [4.69, 9.17) is 9.47 Å². The van der Waals surface area contributed by atoms with Crippen LogP contribution in [0.25, 0.3) is 0 Å². The van der Waals surface area contributed by atoms with Gasteiger partial charge in [-0.25, -0.2) is 4.79 Å². The van der Waals surface area contributed by atoms with Gasteiger partial charge in [0.05, 0.1) is 33.4 Å². The Morgan fingerprint density at radius 1 is 1.18 bits per heavy atom. The first-order chi connectivity index (χ1) is 15.7. The number of alkyl carbamates (subject to hydrolysis) is 1. The summed E-state index contributed by atoms with van der Waals surface area (Å²) in [5.74, 6) is -2.56. The molecule has 1 spiro atoms. The van der Waals surface area contributed by atoms with Gasteiger partial charge in [-0.3, -0.25) is 14.4 Å². The molecule has 2 saturated heterocycles. The minimum atomic E-state index is -1.08. The minimum absolute atomic E-state index is 0.0383. The van der Waals surface area contributed by atoms with Crippen LogP contribution in [0.3, 0.4) is 0 Å². The van der Waals surface area contributed by atoms with Crippen molar-refractivity contribution >= 4 is 39.6 Å². The van der Waals surface area contributed by atoms with E-state index in [1.165, 1.54) is 12.0 Å². The summed E-state index contributed by atoms with van der Waals surface area (Å²) in [4.78, 5) is 52.0. The van der Waals surface area contributed by atoms with Crippen molar-refractivity contribution in [3.8, 4) is 0 Å². The van der Waals surface area contributed by atoms with Crippen LogP contribution in [0, 0.1) is 5.92 Å². The van der Waals surface area contributed by atoms with Gasteiger partial charge in [-0.1, -0.05) is 41.9 Å². The summed E-state index contributed by atoms with van der Waals surface area (Å²) < 4.78 is 16.9. The van der Waals surface area contributed by atoms with Crippen LogP contribution in [0.2, 0.25) is 0 Å². The number of amides is 3. The SMILES string of the molecule is COC(=O)NC(C(=O)N1CC2(CC1C(=O)NCC(=O)c1ccc(Br)cc1)OCCO2)C(C)C. The van der Waals surface area contributed by atoms with Gasteiger partial charge >= 0.3 is 6.09 Å². The zero-order valence-electron chi connectivity index (χ0n) is 18.8. The van der Waals surface area contributed by atoms with E-state index in [2.05, 4.69) is 31.3 Å². The van der Waals surface area contributed by atoms with Gasteiger partial charge in [0.1, 0.15) is 12.1 Å². The predicted octanol–water partition coefficient (Wildman–Crippen LogP) is 1.47. The Balaban J connectivity index is 1.74. The average molecular weight is 526 g/mol. The molecule has 0 aromatic heterocycles.